The minimum absolute atomic E-state index is 0.0127. The number of nitrogens with zero attached hydrogens (tertiary/aromatic N) is 2. The third-order valence-electron chi connectivity index (χ3n) is 18.7. The molecule has 3 fully saturated rings. The van der Waals surface area contributed by atoms with Gasteiger partial charge in [-0.25, -0.2) is 0 Å². The van der Waals surface area contributed by atoms with Crippen LogP contribution in [0.4, 0.5) is 0 Å². The van der Waals surface area contributed by atoms with E-state index in [1.807, 2.05) is 30.3 Å². The molecule has 14 N–H and O–H groups in total. The average molecular weight is 1430 g/mol. The van der Waals surface area contributed by atoms with Gasteiger partial charge in [-0.2, -0.15) is 0 Å². The highest BCUT2D eigenvalue weighted by molar-refractivity contribution is 6.03. The Bertz CT molecular complexity index is 3850. The number of benzene rings is 4. The van der Waals surface area contributed by atoms with E-state index in [9.17, 15) is 82.1 Å². The number of aliphatic carboxylic acids is 2. The fraction of sp³-hybridized carbons (Fsp3) is 0.472. The molecule has 3 aliphatic rings. The zero-order chi connectivity index (χ0) is 75.4. The normalized spacial score (nSPS) is 23.7. The van der Waals surface area contributed by atoms with Crippen molar-refractivity contribution in [3.05, 3.63) is 108 Å². The summed E-state index contributed by atoms with van der Waals surface area (Å²) in [6.07, 6.45) is -1.58. The number of nitrogens with one attached hydrogen (secondary N) is 8. The van der Waals surface area contributed by atoms with Gasteiger partial charge in [0.1, 0.15) is 42.9 Å². The minimum Gasteiger partial charge on any atom is -0.481 e. The number of fused-ring (bicyclic) bond motifs is 3. The second-order valence-electron chi connectivity index (χ2n) is 26.7. The number of carboxylic acid groups (broad SMARTS) is 2. The molecule has 0 aromatic heterocycles. The summed E-state index contributed by atoms with van der Waals surface area (Å²) < 4.78 is 4.69. The van der Waals surface area contributed by atoms with Crippen LogP contribution in [-0.2, 0) is 89.5 Å². The number of primary amides is 1. The van der Waals surface area contributed by atoms with Gasteiger partial charge in [0, 0.05) is 37.5 Å². The van der Waals surface area contributed by atoms with Crippen molar-refractivity contribution in [1.29, 1.82) is 0 Å². The second kappa shape index (κ2) is 37.1. The summed E-state index contributed by atoms with van der Waals surface area (Å²) in [5.74, 6) is -22.0. The lowest BCUT2D eigenvalue weighted by Gasteiger charge is -2.39. The molecular formula is C72H90N12O19. The number of carbonyl (C=O) groups excluding carboxylic acids is 14. The molecule has 3 heterocycles. The van der Waals surface area contributed by atoms with Crippen LogP contribution in [0.3, 0.4) is 0 Å². The zero-order valence-corrected chi connectivity index (χ0v) is 57.9. The van der Waals surface area contributed by atoms with Crippen molar-refractivity contribution in [3.63, 3.8) is 0 Å². The Morgan fingerprint density at radius 2 is 1.27 bits per heavy atom. The van der Waals surface area contributed by atoms with E-state index in [-0.39, 0.29) is 57.2 Å². The van der Waals surface area contributed by atoms with Crippen molar-refractivity contribution in [3.8, 4) is 11.1 Å². The van der Waals surface area contributed by atoms with E-state index in [0.717, 1.165) is 44.8 Å². The third kappa shape index (κ3) is 22.0. The van der Waals surface area contributed by atoms with Gasteiger partial charge in [0.05, 0.1) is 55.8 Å². The lowest BCUT2D eigenvalue weighted by molar-refractivity contribution is -0.150. The van der Waals surface area contributed by atoms with Crippen molar-refractivity contribution in [2.45, 2.75) is 160 Å². The Kier molecular flexibility index (Phi) is 28.6. The first-order valence-electron chi connectivity index (χ1n) is 34.2. The minimum atomic E-state index is -2.05. The maximum Gasteiger partial charge on any atom is 0.307 e. The molecule has 4 aromatic carbocycles. The van der Waals surface area contributed by atoms with Gasteiger partial charge in [0.15, 0.2) is 11.6 Å². The number of piperidine rings is 1. The van der Waals surface area contributed by atoms with Gasteiger partial charge in [-0.15, -0.1) is 0 Å². The van der Waals surface area contributed by atoms with Crippen LogP contribution in [-0.4, -0.2) is 202 Å². The molecule has 11 amide bonds. The molecule has 0 aliphatic carbocycles. The van der Waals surface area contributed by atoms with Gasteiger partial charge in [0.25, 0.3) is 12.4 Å². The van der Waals surface area contributed by atoms with Crippen LogP contribution in [0.15, 0.2) is 91.0 Å². The van der Waals surface area contributed by atoms with Gasteiger partial charge in [-0.1, -0.05) is 93.6 Å². The number of rotatable bonds is 19. The molecule has 3 saturated heterocycles. The van der Waals surface area contributed by atoms with E-state index in [0.29, 0.717) is 12.8 Å². The summed E-state index contributed by atoms with van der Waals surface area (Å²) in [6.45, 7) is 4.11. The SMILES string of the molecule is CC(C(=O)O)[C@@H]1CC(=O)[C@H]2CCCCN2C(=O)C(NC(=O)[C@H](CC(N)=O)NC(=O)c2ccc(CCc3ccc4cc(-c5ccccc5)ccc4c3)cc2)[C@@H](C)NC(=O)[C@@H]2CCCN2C(=O)[C@H](C(C)C)NC(=O)[C@@H](C(C)N)CC(=O)CNC(=O)C(COC=O)NC(=O)CNC(=O)[C@H](CC(=O)O)NC1=O. The molecule has 0 saturated carbocycles. The molecule has 7 rings (SSSR count). The Morgan fingerprint density at radius 1 is 0.650 bits per heavy atom. The molecule has 31 heteroatoms. The van der Waals surface area contributed by atoms with E-state index in [4.69, 9.17) is 11.5 Å². The first kappa shape index (κ1) is 79.3. The Hall–Kier alpha value is -11.0. The number of Topliss-reactive ketones (excluding diaryl/α,β-unsaturated/α-hetero) is 2. The van der Waals surface area contributed by atoms with Crippen molar-refractivity contribution < 1.29 is 91.7 Å². The number of carboxylic acids is 2. The van der Waals surface area contributed by atoms with E-state index in [1.54, 1.807) is 26.0 Å². The van der Waals surface area contributed by atoms with Crippen LogP contribution in [0.2, 0.25) is 0 Å². The summed E-state index contributed by atoms with van der Waals surface area (Å²) in [5, 5.41) is 41.5. The van der Waals surface area contributed by atoms with E-state index >= 15 is 4.79 Å². The molecule has 552 valence electrons. The van der Waals surface area contributed by atoms with Crippen LogP contribution < -0.4 is 54.0 Å². The van der Waals surface area contributed by atoms with Crippen LogP contribution in [0.25, 0.3) is 21.9 Å². The monoisotopic (exact) mass is 1430 g/mol. The third-order valence-corrected chi connectivity index (χ3v) is 18.7. The zero-order valence-electron chi connectivity index (χ0n) is 57.9. The fourth-order valence-electron chi connectivity index (χ4n) is 12.7. The first-order chi connectivity index (χ1) is 48.9. The summed E-state index contributed by atoms with van der Waals surface area (Å²) >= 11 is 0. The molecule has 103 heavy (non-hydrogen) atoms. The number of hydrogen-bond acceptors (Lipinski definition) is 18. The quantitative estimate of drug-likeness (QED) is 0.0543. The van der Waals surface area contributed by atoms with Crippen LogP contribution in [0.5, 0.6) is 0 Å². The van der Waals surface area contributed by atoms with Crippen molar-refractivity contribution in [2.24, 2.45) is 35.1 Å². The molecule has 12 atom stereocenters. The van der Waals surface area contributed by atoms with Gasteiger partial charge in [0.2, 0.25) is 59.1 Å². The van der Waals surface area contributed by atoms with Gasteiger partial charge >= 0.3 is 11.9 Å². The topological polar surface area (TPSA) is 478 Å². The highest BCUT2D eigenvalue weighted by Crippen LogP contribution is 2.29. The number of ketones is 2. The molecule has 0 bridgehead atoms. The Labute approximate surface area is 593 Å². The van der Waals surface area contributed by atoms with Crippen molar-refractivity contribution in [2.75, 3.05) is 32.8 Å². The van der Waals surface area contributed by atoms with E-state index < -0.39 is 212 Å². The maximum absolute atomic E-state index is 15.5. The lowest BCUT2D eigenvalue weighted by Crippen LogP contribution is -2.64. The predicted octanol–water partition coefficient (Wildman–Crippen LogP) is -0.150. The molecule has 4 aromatic rings. The smallest absolute Gasteiger partial charge is 0.307 e. The van der Waals surface area contributed by atoms with E-state index in [2.05, 4.69) is 83.7 Å². The number of amides is 11. The van der Waals surface area contributed by atoms with Crippen molar-refractivity contribution in [1.82, 2.24) is 52.3 Å². The highest BCUT2D eigenvalue weighted by Gasteiger charge is 2.45. The summed E-state index contributed by atoms with van der Waals surface area (Å²) in [7, 11) is 0. The van der Waals surface area contributed by atoms with Crippen LogP contribution >= 0.6 is 0 Å². The Morgan fingerprint density at radius 3 is 1.93 bits per heavy atom. The van der Waals surface area contributed by atoms with E-state index in [1.165, 1.54) is 30.9 Å². The summed E-state index contributed by atoms with van der Waals surface area (Å²) in [6, 6.07) is 15.0. The van der Waals surface area contributed by atoms with Crippen LogP contribution in [0.1, 0.15) is 114 Å². The number of aryl methyl sites for hydroxylation is 2. The van der Waals surface area contributed by atoms with Crippen LogP contribution in [0, 0.1) is 23.7 Å². The number of nitrogens with two attached hydrogens (primary N) is 2. The Balaban J connectivity index is 1.18. The van der Waals surface area contributed by atoms with Crippen molar-refractivity contribution >= 4 is 106 Å². The predicted molar refractivity (Wildman–Crippen MR) is 370 cm³/mol. The maximum atomic E-state index is 15.5. The molecule has 0 radical (unpaired) electrons. The first-order valence-corrected chi connectivity index (χ1v) is 34.2. The van der Waals surface area contributed by atoms with Gasteiger partial charge < -0.3 is 78.8 Å². The average Bonchev–Trinajstić information content (AvgIpc) is 1.80. The van der Waals surface area contributed by atoms with Gasteiger partial charge in [-0.3, -0.25) is 76.7 Å². The lowest BCUT2D eigenvalue weighted by atomic mass is 9.84. The molecule has 31 nitrogen and oxygen atoms in total. The molecule has 3 aliphatic heterocycles. The standard InChI is InChI=1S/C72H90N12O19/c1-38(2)61-70(99)84-27-11-15-56(84)69(98)77-41(5)62(82-68(97)52(32-58(74)88)79-63(92)45-21-18-42(19-22-45)16-17-43-20-23-48-29-47(25-24-46(48)28-43)44-12-7-6-8-13-44)71(100)83-26-10-9-14-55(83)57(87)31-50(39(3)72(101)102)64(93)80-53(33-60(90)91)66(95)76-35-59(89)78-54(36-103-37-85)67(96)75-34-49(86)30-51(40(4)73)65(94)81-61/h6-8,12-13,18-25,28-29,37-41,50-56,61-62H,9-11,14-17,26-27,30-36,73H2,1-5H3,(H2,74,88)(H,75,96)(H,76,95)(H,77,98)(H,78,89)(H,79,92)(H,80,93)(H,81,94)(H,82,97)(H,90,91)(H,101,102)/t39?,40?,41-,50+,51-,52+,53+,54?,55-,56+,61+,62?/m1/s1. The number of ether oxygens (including phenoxy) is 1. The number of hydrogen-bond donors (Lipinski definition) is 12. The molecule has 0 spiro atoms. The summed E-state index contributed by atoms with van der Waals surface area (Å²) in [5.41, 5.74) is 16.1. The highest BCUT2D eigenvalue weighted by atomic mass is 16.5. The fourth-order valence-corrected chi connectivity index (χ4v) is 12.7. The van der Waals surface area contributed by atoms with Gasteiger partial charge in [-0.05, 0) is 116 Å². The molecule has 4 unspecified atom stereocenters. The second-order valence-corrected chi connectivity index (χ2v) is 26.7. The summed E-state index contributed by atoms with van der Waals surface area (Å²) in [4.78, 5) is 222. The number of carbonyl (C=O) groups is 16. The molecular weight excluding hydrogens is 1340 g/mol. The largest absolute Gasteiger partial charge is 0.481 e.